The lowest BCUT2D eigenvalue weighted by atomic mass is 9.79. The van der Waals surface area contributed by atoms with Crippen LogP contribution in [-0.4, -0.2) is 19.7 Å². The number of hydrogen-bond acceptors (Lipinski definition) is 2. The summed E-state index contributed by atoms with van der Waals surface area (Å²) in [6, 6.07) is 9.17. The molecule has 1 fully saturated rings. The first kappa shape index (κ1) is 13.4. The van der Waals surface area contributed by atoms with Gasteiger partial charge in [-0.05, 0) is 37.9 Å². The fourth-order valence-corrected chi connectivity index (χ4v) is 2.98. The van der Waals surface area contributed by atoms with Crippen LogP contribution >= 0.6 is 0 Å². The number of rotatable bonds is 5. The zero-order valence-corrected chi connectivity index (χ0v) is 11.6. The molecule has 0 aromatic heterocycles. The lowest BCUT2D eigenvalue weighted by Gasteiger charge is -2.32. The molecule has 1 N–H and O–H groups in total. The molecule has 1 aliphatic carbocycles. The molecule has 0 saturated heterocycles. The molecule has 2 unspecified atom stereocenters. The zero-order valence-electron chi connectivity index (χ0n) is 11.6. The maximum absolute atomic E-state index is 5.90. The third-order valence-corrected chi connectivity index (χ3v) is 3.92. The van der Waals surface area contributed by atoms with Crippen LogP contribution in [0.3, 0.4) is 0 Å². The van der Waals surface area contributed by atoms with Gasteiger partial charge in [0.15, 0.2) is 0 Å². The molecule has 100 valence electrons. The van der Waals surface area contributed by atoms with Crippen LogP contribution in [0.5, 0.6) is 5.75 Å². The highest BCUT2D eigenvalue weighted by atomic mass is 16.5. The molecular formula is C16H25NO. The van der Waals surface area contributed by atoms with Crippen LogP contribution in [0.1, 0.15) is 50.5 Å². The zero-order chi connectivity index (χ0) is 12.8. The summed E-state index contributed by atoms with van der Waals surface area (Å²) in [5.74, 6) is 1.70. The summed E-state index contributed by atoms with van der Waals surface area (Å²) in [5.41, 5.74) is 1.39. The molecule has 0 amide bonds. The smallest absolute Gasteiger partial charge is 0.122 e. The SMILES string of the molecule is CCCOc1ccccc1C1CCCCC1NC. The number of likely N-dealkylation sites (N-methyl/N-ethyl adjacent to an activating group) is 1. The Labute approximate surface area is 111 Å². The van der Waals surface area contributed by atoms with Gasteiger partial charge in [0, 0.05) is 12.0 Å². The van der Waals surface area contributed by atoms with Crippen molar-refractivity contribution in [3.63, 3.8) is 0 Å². The Kier molecular flexibility index (Phi) is 5.06. The number of hydrogen-bond donors (Lipinski definition) is 1. The topological polar surface area (TPSA) is 21.3 Å². The molecule has 2 heteroatoms. The third kappa shape index (κ3) is 3.05. The van der Waals surface area contributed by atoms with E-state index in [4.69, 9.17) is 4.74 Å². The quantitative estimate of drug-likeness (QED) is 0.856. The van der Waals surface area contributed by atoms with Crippen molar-refractivity contribution in [1.29, 1.82) is 0 Å². The van der Waals surface area contributed by atoms with Crippen LogP contribution in [0.4, 0.5) is 0 Å². The van der Waals surface area contributed by atoms with Gasteiger partial charge in [-0.25, -0.2) is 0 Å². The molecule has 2 rings (SSSR count). The Morgan fingerprint density at radius 2 is 2.00 bits per heavy atom. The molecular weight excluding hydrogens is 222 g/mol. The van der Waals surface area contributed by atoms with E-state index >= 15 is 0 Å². The molecule has 1 aliphatic rings. The van der Waals surface area contributed by atoms with Gasteiger partial charge in [0.1, 0.15) is 5.75 Å². The molecule has 1 aromatic rings. The Hall–Kier alpha value is -1.02. The van der Waals surface area contributed by atoms with E-state index < -0.39 is 0 Å². The average Bonchev–Trinajstić information content (AvgIpc) is 2.45. The molecule has 2 atom stereocenters. The van der Waals surface area contributed by atoms with E-state index in [0.717, 1.165) is 18.8 Å². The molecule has 2 nitrogen and oxygen atoms in total. The molecule has 1 saturated carbocycles. The van der Waals surface area contributed by atoms with E-state index in [1.54, 1.807) is 0 Å². The molecule has 0 spiro atoms. The number of nitrogens with one attached hydrogen (secondary N) is 1. The van der Waals surface area contributed by atoms with Crippen molar-refractivity contribution in [3.8, 4) is 5.75 Å². The van der Waals surface area contributed by atoms with Gasteiger partial charge >= 0.3 is 0 Å². The van der Waals surface area contributed by atoms with Crippen molar-refractivity contribution in [1.82, 2.24) is 5.32 Å². The molecule has 1 aromatic carbocycles. The third-order valence-electron chi connectivity index (χ3n) is 3.92. The van der Waals surface area contributed by atoms with Gasteiger partial charge in [-0.3, -0.25) is 0 Å². The van der Waals surface area contributed by atoms with Crippen molar-refractivity contribution in [3.05, 3.63) is 29.8 Å². The van der Waals surface area contributed by atoms with E-state index in [0.29, 0.717) is 12.0 Å². The molecule has 0 bridgehead atoms. The van der Waals surface area contributed by atoms with E-state index in [1.807, 2.05) is 0 Å². The lowest BCUT2D eigenvalue weighted by Crippen LogP contribution is -2.34. The second-order valence-electron chi connectivity index (χ2n) is 5.17. The van der Waals surface area contributed by atoms with Gasteiger partial charge in [0.05, 0.1) is 6.61 Å². The summed E-state index contributed by atoms with van der Waals surface area (Å²) in [6.45, 7) is 2.97. The van der Waals surface area contributed by atoms with E-state index in [9.17, 15) is 0 Å². The van der Waals surface area contributed by atoms with Crippen LogP contribution < -0.4 is 10.1 Å². The van der Waals surface area contributed by atoms with Gasteiger partial charge in [0.2, 0.25) is 0 Å². The predicted molar refractivity (Wildman–Crippen MR) is 76.3 cm³/mol. The van der Waals surface area contributed by atoms with E-state index in [1.165, 1.54) is 31.2 Å². The Morgan fingerprint density at radius 3 is 2.78 bits per heavy atom. The first-order valence-electron chi connectivity index (χ1n) is 7.25. The first-order valence-corrected chi connectivity index (χ1v) is 7.25. The summed E-state index contributed by atoms with van der Waals surface area (Å²) in [4.78, 5) is 0. The van der Waals surface area contributed by atoms with Crippen LogP contribution in [0, 0.1) is 0 Å². The van der Waals surface area contributed by atoms with Crippen LogP contribution in [-0.2, 0) is 0 Å². The summed E-state index contributed by atoms with van der Waals surface area (Å²) < 4.78 is 5.90. The van der Waals surface area contributed by atoms with Crippen LogP contribution in [0.2, 0.25) is 0 Å². The largest absolute Gasteiger partial charge is 0.493 e. The normalized spacial score (nSPS) is 23.9. The highest BCUT2D eigenvalue weighted by Gasteiger charge is 2.27. The van der Waals surface area contributed by atoms with Crippen molar-refractivity contribution in [2.45, 2.75) is 51.0 Å². The highest BCUT2D eigenvalue weighted by Crippen LogP contribution is 2.37. The van der Waals surface area contributed by atoms with Gasteiger partial charge in [-0.15, -0.1) is 0 Å². The van der Waals surface area contributed by atoms with E-state index in [2.05, 4.69) is 43.6 Å². The minimum Gasteiger partial charge on any atom is -0.493 e. The maximum atomic E-state index is 5.90. The van der Waals surface area contributed by atoms with Crippen molar-refractivity contribution < 1.29 is 4.74 Å². The molecule has 0 heterocycles. The summed E-state index contributed by atoms with van der Waals surface area (Å²) in [5, 5.41) is 3.48. The standard InChI is InChI=1S/C16H25NO/c1-3-12-18-16-11-7-5-9-14(16)13-8-4-6-10-15(13)17-2/h5,7,9,11,13,15,17H,3-4,6,8,10,12H2,1-2H3. The first-order chi connectivity index (χ1) is 8.86. The fraction of sp³-hybridized carbons (Fsp3) is 0.625. The summed E-state index contributed by atoms with van der Waals surface area (Å²) >= 11 is 0. The second-order valence-corrected chi connectivity index (χ2v) is 5.17. The monoisotopic (exact) mass is 247 g/mol. The predicted octanol–water partition coefficient (Wildman–Crippen LogP) is 3.72. The highest BCUT2D eigenvalue weighted by molar-refractivity contribution is 5.37. The van der Waals surface area contributed by atoms with Gasteiger partial charge < -0.3 is 10.1 Å². The van der Waals surface area contributed by atoms with E-state index in [-0.39, 0.29) is 0 Å². The Bertz CT molecular complexity index is 364. The van der Waals surface area contributed by atoms with Crippen LogP contribution in [0.15, 0.2) is 24.3 Å². The Balaban J connectivity index is 2.19. The second kappa shape index (κ2) is 6.79. The molecule has 18 heavy (non-hydrogen) atoms. The minimum absolute atomic E-state index is 0.602. The van der Waals surface area contributed by atoms with Crippen molar-refractivity contribution in [2.24, 2.45) is 0 Å². The minimum atomic E-state index is 0.602. The van der Waals surface area contributed by atoms with Gasteiger partial charge in [-0.1, -0.05) is 38.0 Å². The lowest BCUT2D eigenvalue weighted by molar-refractivity contribution is 0.296. The molecule has 0 aliphatic heterocycles. The Morgan fingerprint density at radius 1 is 1.22 bits per heavy atom. The summed E-state index contributed by atoms with van der Waals surface area (Å²) in [7, 11) is 2.08. The number of benzene rings is 1. The number of ether oxygens (including phenoxy) is 1. The molecule has 0 radical (unpaired) electrons. The van der Waals surface area contributed by atoms with Gasteiger partial charge in [0.25, 0.3) is 0 Å². The summed E-state index contributed by atoms with van der Waals surface area (Å²) in [6.07, 6.45) is 6.31. The van der Waals surface area contributed by atoms with Crippen molar-refractivity contribution >= 4 is 0 Å². The number of para-hydroxylation sites is 1. The van der Waals surface area contributed by atoms with Crippen LogP contribution in [0.25, 0.3) is 0 Å². The maximum Gasteiger partial charge on any atom is 0.122 e. The fourth-order valence-electron chi connectivity index (χ4n) is 2.98. The van der Waals surface area contributed by atoms with Crippen molar-refractivity contribution in [2.75, 3.05) is 13.7 Å². The average molecular weight is 247 g/mol. The van der Waals surface area contributed by atoms with Gasteiger partial charge in [-0.2, -0.15) is 0 Å².